The zero-order valence-corrected chi connectivity index (χ0v) is 19.5. The molecular weight excluding hydrogens is 459 g/mol. The Bertz CT molecular complexity index is 1360. The molecule has 1 saturated carbocycles. The Kier molecular flexibility index (Phi) is 5.98. The van der Waals surface area contributed by atoms with Gasteiger partial charge in [0.1, 0.15) is 29.2 Å². The van der Waals surface area contributed by atoms with Crippen molar-refractivity contribution in [3.63, 3.8) is 0 Å². The van der Waals surface area contributed by atoms with Gasteiger partial charge in [0.15, 0.2) is 0 Å². The lowest BCUT2D eigenvalue weighted by atomic mass is 10.0. The molecule has 2 fully saturated rings. The molecule has 1 aliphatic carbocycles. The van der Waals surface area contributed by atoms with Gasteiger partial charge in [-0.3, -0.25) is 14.2 Å². The Hall–Kier alpha value is -3.43. The average Bonchev–Trinajstić information content (AvgIpc) is 3.45. The summed E-state index contributed by atoms with van der Waals surface area (Å²) in [6, 6.07) is 4.79. The lowest BCUT2D eigenvalue weighted by molar-refractivity contribution is 0.0726. The van der Waals surface area contributed by atoms with E-state index in [0.717, 1.165) is 31.7 Å². The van der Waals surface area contributed by atoms with Crippen molar-refractivity contribution in [2.45, 2.75) is 51.1 Å². The van der Waals surface area contributed by atoms with Gasteiger partial charge in [-0.2, -0.15) is 0 Å². The molecule has 5 rings (SSSR count). The van der Waals surface area contributed by atoms with Gasteiger partial charge in [-0.15, -0.1) is 0 Å². The van der Waals surface area contributed by atoms with Crippen LogP contribution in [0.15, 0.2) is 35.4 Å². The van der Waals surface area contributed by atoms with E-state index in [2.05, 4.69) is 15.3 Å². The first-order valence-electron chi connectivity index (χ1n) is 11.8. The largest absolute Gasteiger partial charge is 0.363 e. The average molecular weight is 486 g/mol. The molecule has 7 nitrogen and oxygen atoms in total. The third-order valence-electron chi connectivity index (χ3n) is 7.37. The van der Waals surface area contributed by atoms with E-state index in [9.17, 15) is 22.8 Å². The standard InChI is InChI=1S/C25H26F3N5O2/c1-13(15-6-4-7-16(20(15)26)21(27)28)31-22-17-11-18(24(34)32(2)23(17)30-12-29-22)25(35)33-10-9-14-5-3-8-19(14)33/h4,6-7,11-14,19,21H,3,5,8-10H2,1-2H3,(H,29,30,31)/t13-,14+,19+/m1/s1. The number of pyridine rings is 1. The second-order valence-corrected chi connectivity index (χ2v) is 9.34. The van der Waals surface area contributed by atoms with Crippen molar-refractivity contribution >= 4 is 22.8 Å². The van der Waals surface area contributed by atoms with Gasteiger partial charge in [0.2, 0.25) is 0 Å². The third kappa shape index (κ3) is 3.94. The first kappa shape index (κ1) is 23.3. The third-order valence-corrected chi connectivity index (χ3v) is 7.37. The number of halogens is 3. The van der Waals surface area contributed by atoms with E-state index in [0.29, 0.717) is 23.5 Å². The molecule has 184 valence electrons. The second-order valence-electron chi connectivity index (χ2n) is 9.34. The van der Waals surface area contributed by atoms with Crippen LogP contribution in [0.2, 0.25) is 0 Å². The molecule has 0 bridgehead atoms. The van der Waals surface area contributed by atoms with Crippen LogP contribution in [0.25, 0.3) is 11.0 Å². The molecule has 35 heavy (non-hydrogen) atoms. The molecule has 0 unspecified atom stereocenters. The summed E-state index contributed by atoms with van der Waals surface area (Å²) in [6.45, 7) is 2.25. The maximum atomic E-state index is 14.7. The number of aromatic nitrogens is 3. The molecule has 0 spiro atoms. The van der Waals surface area contributed by atoms with Crippen molar-refractivity contribution in [2.24, 2.45) is 13.0 Å². The number of carbonyl (C=O) groups excluding carboxylic acids is 1. The van der Waals surface area contributed by atoms with E-state index in [4.69, 9.17) is 0 Å². The van der Waals surface area contributed by atoms with E-state index in [1.54, 1.807) is 6.92 Å². The number of carbonyl (C=O) groups is 1. The highest BCUT2D eigenvalue weighted by atomic mass is 19.3. The van der Waals surface area contributed by atoms with Gasteiger partial charge in [-0.25, -0.2) is 23.1 Å². The van der Waals surface area contributed by atoms with E-state index in [-0.39, 0.29) is 28.9 Å². The Labute approximate surface area is 200 Å². The lowest BCUT2D eigenvalue weighted by Gasteiger charge is -2.24. The fraction of sp³-hybridized carbons (Fsp3) is 0.440. The zero-order chi connectivity index (χ0) is 24.9. The highest BCUT2D eigenvalue weighted by Gasteiger charge is 2.40. The van der Waals surface area contributed by atoms with E-state index >= 15 is 0 Å². The molecule has 10 heteroatoms. The van der Waals surface area contributed by atoms with Crippen LogP contribution in [0.1, 0.15) is 66.6 Å². The summed E-state index contributed by atoms with van der Waals surface area (Å²) >= 11 is 0. The number of hydrogen-bond acceptors (Lipinski definition) is 5. The number of benzene rings is 1. The molecule has 1 aromatic carbocycles. The van der Waals surface area contributed by atoms with Gasteiger partial charge in [0, 0.05) is 25.2 Å². The van der Waals surface area contributed by atoms with Crippen molar-refractivity contribution in [3.05, 3.63) is 63.5 Å². The van der Waals surface area contributed by atoms with Crippen LogP contribution in [0, 0.1) is 11.7 Å². The maximum absolute atomic E-state index is 14.7. The zero-order valence-electron chi connectivity index (χ0n) is 19.5. The number of aryl methyl sites for hydroxylation is 1. The molecule has 1 aliphatic heterocycles. The lowest BCUT2D eigenvalue weighted by Crippen LogP contribution is -2.39. The Balaban J connectivity index is 1.53. The van der Waals surface area contributed by atoms with E-state index < -0.39 is 29.4 Å². The minimum absolute atomic E-state index is 0.0314. The van der Waals surface area contributed by atoms with Crippen molar-refractivity contribution in [1.82, 2.24) is 19.4 Å². The molecule has 1 amide bonds. The number of alkyl halides is 2. The van der Waals surface area contributed by atoms with Gasteiger partial charge >= 0.3 is 0 Å². The summed E-state index contributed by atoms with van der Waals surface area (Å²) in [4.78, 5) is 36.8. The molecule has 1 N–H and O–H groups in total. The first-order chi connectivity index (χ1) is 16.8. The topological polar surface area (TPSA) is 80.1 Å². The monoisotopic (exact) mass is 485 g/mol. The van der Waals surface area contributed by atoms with Crippen molar-refractivity contribution < 1.29 is 18.0 Å². The summed E-state index contributed by atoms with van der Waals surface area (Å²) in [5.74, 6) is -0.526. The number of anilines is 1. The molecule has 3 heterocycles. The molecule has 0 radical (unpaired) electrons. The number of amides is 1. The minimum Gasteiger partial charge on any atom is -0.363 e. The fourth-order valence-electron chi connectivity index (χ4n) is 5.53. The predicted octanol–water partition coefficient (Wildman–Crippen LogP) is 4.59. The van der Waals surface area contributed by atoms with Gasteiger partial charge < -0.3 is 10.2 Å². The van der Waals surface area contributed by atoms with Crippen LogP contribution in [0.5, 0.6) is 0 Å². The summed E-state index contributed by atoms with van der Waals surface area (Å²) in [5, 5.41) is 3.47. The molecule has 1 saturated heterocycles. The highest BCUT2D eigenvalue weighted by Crippen LogP contribution is 2.38. The summed E-state index contributed by atoms with van der Waals surface area (Å²) in [6.07, 6.45) is 2.40. The van der Waals surface area contributed by atoms with Crippen LogP contribution in [0.4, 0.5) is 19.0 Å². The van der Waals surface area contributed by atoms with Gasteiger partial charge in [0.05, 0.1) is 17.0 Å². The highest BCUT2D eigenvalue weighted by molar-refractivity contribution is 5.99. The van der Waals surface area contributed by atoms with Crippen molar-refractivity contribution in [1.29, 1.82) is 0 Å². The Morgan fingerprint density at radius 2 is 1.94 bits per heavy atom. The summed E-state index contributed by atoms with van der Waals surface area (Å²) < 4.78 is 42.4. The maximum Gasteiger partial charge on any atom is 0.266 e. The van der Waals surface area contributed by atoms with E-state index in [1.807, 2.05) is 4.90 Å². The van der Waals surface area contributed by atoms with Crippen LogP contribution in [-0.4, -0.2) is 37.9 Å². The number of likely N-dealkylation sites (tertiary alicyclic amines) is 1. The van der Waals surface area contributed by atoms with Crippen LogP contribution in [-0.2, 0) is 7.05 Å². The predicted molar refractivity (Wildman–Crippen MR) is 125 cm³/mol. The number of nitrogens with zero attached hydrogens (tertiary/aromatic N) is 4. The summed E-state index contributed by atoms with van der Waals surface area (Å²) in [7, 11) is 1.54. The molecule has 3 aromatic rings. The molecule has 3 atom stereocenters. The molecular formula is C25H26F3N5O2. The number of hydrogen-bond donors (Lipinski definition) is 1. The summed E-state index contributed by atoms with van der Waals surface area (Å²) in [5.41, 5.74) is -0.727. The second kappa shape index (κ2) is 8.98. The molecule has 2 aromatic heterocycles. The molecule has 2 aliphatic rings. The SMILES string of the molecule is C[C@@H](Nc1ncnc2c1cc(C(=O)N1CC[C@@H]3CCC[C@@H]31)c(=O)n2C)c1cccc(C(F)F)c1F. The van der Waals surface area contributed by atoms with Crippen molar-refractivity contribution in [3.8, 4) is 0 Å². The number of fused-ring (bicyclic) bond motifs is 2. The number of rotatable bonds is 5. The van der Waals surface area contributed by atoms with Gasteiger partial charge in [-0.1, -0.05) is 24.6 Å². The quantitative estimate of drug-likeness (QED) is 0.572. The van der Waals surface area contributed by atoms with Crippen LogP contribution >= 0.6 is 0 Å². The van der Waals surface area contributed by atoms with Gasteiger partial charge in [-0.05, 0) is 38.2 Å². The van der Waals surface area contributed by atoms with Gasteiger partial charge in [0.25, 0.3) is 17.9 Å². The Morgan fingerprint density at radius 3 is 2.71 bits per heavy atom. The van der Waals surface area contributed by atoms with Crippen molar-refractivity contribution in [2.75, 3.05) is 11.9 Å². The first-order valence-corrected chi connectivity index (χ1v) is 11.8. The normalized spacial score (nSPS) is 20.5. The smallest absolute Gasteiger partial charge is 0.266 e. The Morgan fingerprint density at radius 1 is 1.17 bits per heavy atom. The number of nitrogens with one attached hydrogen (secondary N) is 1. The van der Waals surface area contributed by atoms with Crippen LogP contribution < -0.4 is 10.9 Å². The fourth-order valence-corrected chi connectivity index (χ4v) is 5.53. The van der Waals surface area contributed by atoms with Crippen LogP contribution in [0.3, 0.4) is 0 Å². The van der Waals surface area contributed by atoms with E-state index in [1.165, 1.54) is 36.1 Å². The minimum atomic E-state index is -2.94.